The third-order valence-corrected chi connectivity index (χ3v) is 5.13. The van der Waals surface area contributed by atoms with Crippen molar-refractivity contribution in [3.8, 4) is 0 Å². The first-order valence-corrected chi connectivity index (χ1v) is 8.85. The summed E-state index contributed by atoms with van der Waals surface area (Å²) in [6, 6.07) is 19.9. The fourth-order valence-electron chi connectivity index (χ4n) is 3.35. The van der Waals surface area contributed by atoms with Crippen LogP contribution in [0, 0.1) is 11.8 Å². The van der Waals surface area contributed by atoms with Crippen LogP contribution in [-0.4, -0.2) is 0 Å². The standard InChI is InChI=1S/C23H28/c1-23(2,3)22-15-10-18(11-16-22)9-12-20-13-14-21(20)17-19-7-5-4-6-8-19/h4-12,15-16,20-21H,13-14,17H2,1-3H3. The van der Waals surface area contributed by atoms with E-state index in [1.54, 1.807) is 0 Å². The third-order valence-electron chi connectivity index (χ3n) is 5.13. The average molecular weight is 304 g/mol. The Hall–Kier alpha value is -1.82. The quantitative estimate of drug-likeness (QED) is 0.625. The molecule has 0 bridgehead atoms. The van der Waals surface area contributed by atoms with E-state index in [0.29, 0.717) is 0 Å². The van der Waals surface area contributed by atoms with Gasteiger partial charge in [-0.25, -0.2) is 0 Å². The molecule has 2 unspecified atom stereocenters. The van der Waals surface area contributed by atoms with Gasteiger partial charge in [-0.1, -0.05) is 87.5 Å². The molecule has 0 nitrogen and oxygen atoms in total. The van der Waals surface area contributed by atoms with Crippen molar-refractivity contribution in [3.63, 3.8) is 0 Å². The molecule has 0 N–H and O–H groups in total. The highest BCUT2D eigenvalue weighted by molar-refractivity contribution is 5.50. The van der Waals surface area contributed by atoms with Gasteiger partial charge in [0, 0.05) is 0 Å². The molecule has 0 heterocycles. The van der Waals surface area contributed by atoms with Crippen molar-refractivity contribution < 1.29 is 0 Å². The molecule has 0 aromatic heterocycles. The van der Waals surface area contributed by atoms with Gasteiger partial charge in [0.25, 0.3) is 0 Å². The van der Waals surface area contributed by atoms with E-state index >= 15 is 0 Å². The summed E-state index contributed by atoms with van der Waals surface area (Å²) in [5, 5.41) is 0. The third kappa shape index (κ3) is 4.13. The average Bonchev–Trinajstić information content (AvgIpc) is 2.52. The highest BCUT2D eigenvalue weighted by atomic mass is 14.3. The van der Waals surface area contributed by atoms with Crippen LogP contribution in [0.25, 0.3) is 6.08 Å². The van der Waals surface area contributed by atoms with Crippen molar-refractivity contribution in [2.24, 2.45) is 11.8 Å². The van der Waals surface area contributed by atoms with Crippen LogP contribution < -0.4 is 0 Å². The van der Waals surface area contributed by atoms with Crippen LogP contribution in [-0.2, 0) is 11.8 Å². The number of rotatable bonds is 4. The van der Waals surface area contributed by atoms with Gasteiger partial charge in [0.05, 0.1) is 0 Å². The van der Waals surface area contributed by atoms with E-state index in [1.807, 2.05) is 0 Å². The second-order valence-corrected chi connectivity index (χ2v) is 7.92. The summed E-state index contributed by atoms with van der Waals surface area (Å²) in [6.45, 7) is 6.79. The van der Waals surface area contributed by atoms with Gasteiger partial charge >= 0.3 is 0 Å². The van der Waals surface area contributed by atoms with Crippen LogP contribution in [0.5, 0.6) is 0 Å². The van der Waals surface area contributed by atoms with Crippen LogP contribution in [0.15, 0.2) is 60.7 Å². The highest BCUT2D eigenvalue weighted by Crippen LogP contribution is 2.38. The maximum absolute atomic E-state index is 2.43. The molecule has 0 spiro atoms. The van der Waals surface area contributed by atoms with Gasteiger partial charge in [-0.3, -0.25) is 0 Å². The molecule has 1 saturated carbocycles. The Bertz CT molecular complexity index is 641. The Labute approximate surface area is 141 Å². The minimum Gasteiger partial charge on any atom is -0.0805 e. The summed E-state index contributed by atoms with van der Waals surface area (Å²) in [4.78, 5) is 0. The van der Waals surface area contributed by atoms with Crippen LogP contribution in [0.3, 0.4) is 0 Å². The molecule has 120 valence electrons. The highest BCUT2D eigenvalue weighted by Gasteiger charge is 2.28. The lowest BCUT2D eigenvalue weighted by atomic mass is 9.70. The lowest BCUT2D eigenvalue weighted by molar-refractivity contribution is 0.227. The summed E-state index contributed by atoms with van der Waals surface area (Å²) in [6.07, 6.45) is 8.68. The predicted molar refractivity (Wildman–Crippen MR) is 101 cm³/mol. The normalized spacial score (nSPS) is 21.3. The van der Waals surface area contributed by atoms with Crippen molar-refractivity contribution >= 4 is 6.08 Å². The summed E-state index contributed by atoms with van der Waals surface area (Å²) in [5.74, 6) is 1.57. The summed E-state index contributed by atoms with van der Waals surface area (Å²) >= 11 is 0. The van der Waals surface area contributed by atoms with E-state index in [9.17, 15) is 0 Å². The molecule has 1 aliphatic carbocycles. The van der Waals surface area contributed by atoms with Crippen LogP contribution in [0.4, 0.5) is 0 Å². The number of hydrogen-bond acceptors (Lipinski definition) is 0. The zero-order valence-electron chi connectivity index (χ0n) is 14.6. The first-order chi connectivity index (χ1) is 11.0. The van der Waals surface area contributed by atoms with Crippen molar-refractivity contribution in [1.82, 2.24) is 0 Å². The lowest BCUT2D eigenvalue weighted by Gasteiger charge is -2.34. The van der Waals surface area contributed by atoms with E-state index in [2.05, 4.69) is 87.5 Å². The monoisotopic (exact) mass is 304 g/mol. The first-order valence-electron chi connectivity index (χ1n) is 8.85. The van der Waals surface area contributed by atoms with Crippen LogP contribution in [0.2, 0.25) is 0 Å². The summed E-state index contributed by atoms with van der Waals surface area (Å²) in [5.41, 5.74) is 4.44. The van der Waals surface area contributed by atoms with Gasteiger partial charge in [0.15, 0.2) is 0 Å². The van der Waals surface area contributed by atoms with Gasteiger partial charge in [-0.15, -0.1) is 0 Å². The topological polar surface area (TPSA) is 0 Å². The lowest BCUT2D eigenvalue weighted by Crippen LogP contribution is -2.25. The minimum atomic E-state index is 0.233. The molecule has 1 fully saturated rings. The van der Waals surface area contributed by atoms with E-state index in [1.165, 1.54) is 36.0 Å². The van der Waals surface area contributed by atoms with E-state index in [0.717, 1.165) is 11.8 Å². The second kappa shape index (κ2) is 6.74. The maximum atomic E-state index is 2.43. The largest absolute Gasteiger partial charge is 0.0805 e. The fraction of sp³-hybridized carbons (Fsp3) is 0.391. The molecule has 0 amide bonds. The predicted octanol–water partition coefficient (Wildman–Crippen LogP) is 6.27. The molecule has 2 atom stereocenters. The molecule has 0 heteroatoms. The number of hydrogen-bond donors (Lipinski definition) is 0. The van der Waals surface area contributed by atoms with Gasteiger partial charge < -0.3 is 0 Å². The number of benzene rings is 2. The SMILES string of the molecule is CC(C)(C)c1ccc(C=CC2CCC2Cc2ccccc2)cc1. The number of allylic oxidation sites excluding steroid dienone is 1. The van der Waals surface area contributed by atoms with Crippen molar-refractivity contribution in [3.05, 3.63) is 77.4 Å². The van der Waals surface area contributed by atoms with Crippen LogP contribution >= 0.6 is 0 Å². The molecular weight excluding hydrogens is 276 g/mol. The molecule has 23 heavy (non-hydrogen) atoms. The zero-order chi connectivity index (χ0) is 16.3. The minimum absolute atomic E-state index is 0.233. The van der Waals surface area contributed by atoms with Gasteiger partial charge in [0.1, 0.15) is 0 Å². The molecular formula is C23H28. The molecule has 3 rings (SSSR count). The molecule has 2 aromatic carbocycles. The Balaban J connectivity index is 1.59. The molecule has 2 aromatic rings. The van der Waals surface area contributed by atoms with E-state index < -0.39 is 0 Å². The van der Waals surface area contributed by atoms with Gasteiger partial charge in [-0.2, -0.15) is 0 Å². The Morgan fingerprint density at radius 2 is 1.61 bits per heavy atom. The maximum Gasteiger partial charge on any atom is -0.0132 e. The van der Waals surface area contributed by atoms with Gasteiger partial charge in [0.2, 0.25) is 0 Å². The zero-order valence-corrected chi connectivity index (χ0v) is 14.6. The fourth-order valence-corrected chi connectivity index (χ4v) is 3.35. The second-order valence-electron chi connectivity index (χ2n) is 7.92. The Morgan fingerprint density at radius 3 is 2.17 bits per heavy atom. The first kappa shape index (κ1) is 16.1. The van der Waals surface area contributed by atoms with E-state index in [-0.39, 0.29) is 5.41 Å². The molecule has 0 radical (unpaired) electrons. The smallest absolute Gasteiger partial charge is 0.0132 e. The summed E-state index contributed by atoms with van der Waals surface area (Å²) < 4.78 is 0. The molecule has 0 saturated heterocycles. The van der Waals surface area contributed by atoms with Crippen LogP contribution in [0.1, 0.15) is 50.3 Å². The molecule has 1 aliphatic rings. The van der Waals surface area contributed by atoms with Crippen molar-refractivity contribution in [2.75, 3.05) is 0 Å². The van der Waals surface area contributed by atoms with Gasteiger partial charge in [-0.05, 0) is 53.2 Å². The Kier molecular flexibility index (Phi) is 4.71. The summed E-state index contributed by atoms with van der Waals surface area (Å²) in [7, 11) is 0. The molecule has 0 aliphatic heterocycles. The Morgan fingerprint density at radius 1 is 0.913 bits per heavy atom. The van der Waals surface area contributed by atoms with Crippen molar-refractivity contribution in [2.45, 2.75) is 45.4 Å². The van der Waals surface area contributed by atoms with Crippen molar-refractivity contribution in [1.29, 1.82) is 0 Å². The van der Waals surface area contributed by atoms with E-state index in [4.69, 9.17) is 0 Å².